The normalized spacial score (nSPS) is 18.3. The van der Waals surface area contributed by atoms with Gasteiger partial charge in [-0.05, 0) is 47.0 Å². The van der Waals surface area contributed by atoms with Crippen LogP contribution in [0.2, 0.25) is 0 Å². The van der Waals surface area contributed by atoms with Crippen LogP contribution in [0, 0.1) is 0 Å². The summed E-state index contributed by atoms with van der Waals surface area (Å²) in [6.07, 6.45) is 3.31. The van der Waals surface area contributed by atoms with Crippen molar-refractivity contribution < 1.29 is 15.0 Å². The number of rotatable bonds is 5. The quantitative estimate of drug-likeness (QED) is 0.831. The van der Waals surface area contributed by atoms with E-state index in [-0.39, 0.29) is 0 Å². The zero-order valence-corrected chi connectivity index (χ0v) is 13.9. The van der Waals surface area contributed by atoms with E-state index in [1.165, 1.54) is 23.8 Å². The Balaban J connectivity index is 2.22. The topological polar surface area (TPSA) is 86.0 Å². The Labute approximate surface area is 135 Å². The van der Waals surface area contributed by atoms with Gasteiger partial charge in [-0.1, -0.05) is 0 Å². The van der Waals surface area contributed by atoms with Crippen molar-refractivity contribution >= 4 is 5.97 Å². The summed E-state index contributed by atoms with van der Waals surface area (Å²) >= 11 is 0. The lowest BCUT2D eigenvalue weighted by Crippen LogP contribution is -2.42. The number of carboxylic acid groups (broad SMARTS) is 1. The van der Waals surface area contributed by atoms with Crippen molar-refractivity contribution in [2.24, 2.45) is 0 Å². The minimum absolute atomic E-state index is 0.406. The Kier molecular flexibility index (Phi) is 5.43. The van der Waals surface area contributed by atoms with E-state index in [0.29, 0.717) is 18.3 Å². The lowest BCUT2D eigenvalue weighted by Gasteiger charge is -2.35. The lowest BCUT2D eigenvalue weighted by molar-refractivity contribution is -0.140. The second-order valence-corrected chi connectivity index (χ2v) is 6.39. The third-order valence-corrected chi connectivity index (χ3v) is 4.64. The van der Waals surface area contributed by atoms with E-state index >= 15 is 0 Å². The molecule has 1 aliphatic heterocycles. The number of hydrogen-bond donors (Lipinski definition) is 2. The maximum absolute atomic E-state index is 11.7. The molecule has 1 aliphatic rings. The van der Waals surface area contributed by atoms with Gasteiger partial charge in [0.05, 0.1) is 6.20 Å². The summed E-state index contributed by atoms with van der Waals surface area (Å²) in [5.74, 6) is -1.43. The maximum atomic E-state index is 11.7. The van der Waals surface area contributed by atoms with Gasteiger partial charge in [-0.3, -0.25) is 9.69 Å². The monoisotopic (exact) mass is 323 g/mol. The van der Waals surface area contributed by atoms with Crippen molar-refractivity contribution in [3.05, 3.63) is 28.2 Å². The number of aromatic nitrogens is 1. The maximum Gasteiger partial charge on any atom is 0.326 e. The molecule has 1 atom stereocenters. The van der Waals surface area contributed by atoms with Crippen LogP contribution in [0.3, 0.4) is 0 Å². The molecule has 1 aromatic rings. The first-order chi connectivity index (χ1) is 10.8. The van der Waals surface area contributed by atoms with Crippen molar-refractivity contribution in [2.75, 3.05) is 27.2 Å². The summed E-state index contributed by atoms with van der Waals surface area (Å²) in [5.41, 5.74) is 0.120. The van der Waals surface area contributed by atoms with Crippen molar-refractivity contribution in [2.45, 2.75) is 38.4 Å². The van der Waals surface area contributed by atoms with E-state index in [4.69, 9.17) is 0 Å². The Morgan fingerprint density at radius 3 is 2.61 bits per heavy atom. The Hall–Kier alpha value is -1.86. The fourth-order valence-corrected chi connectivity index (χ4v) is 3.01. The molecular formula is C16H25N3O4. The van der Waals surface area contributed by atoms with Crippen LogP contribution < -0.4 is 5.43 Å². The number of pyridine rings is 1. The van der Waals surface area contributed by atoms with E-state index in [0.717, 1.165) is 25.9 Å². The van der Waals surface area contributed by atoms with Gasteiger partial charge in [-0.25, -0.2) is 4.79 Å². The van der Waals surface area contributed by atoms with Crippen LogP contribution in [-0.4, -0.2) is 63.8 Å². The highest BCUT2D eigenvalue weighted by atomic mass is 16.4. The average Bonchev–Trinajstić information content (AvgIpc) is 2.50. The number of nitrogens with zero attached hydrogens (tertiary/aromatic N) is 3. The number of carbonyl (C=O) groups is 1. The van der Waals surface area contributed by atoms with Gasteiger partial charge >= 0.3 is 5.97 Å². The van der Waals surface area contributed by atoms with Gasteiger partial charge in [-0.2, -0.15) is 0 Å². The first-order valence-electron chi connectivity index (χ1n) is 7.85. The summed E-state index contributed by atoms with van der Waals surface area (Å²) in [6.45, 7) is 4.07. The molecule has 2 heterocycles. The number of aromatic hydroxyl groups is 1. The molecule has 1 saturated heterocycles. The van der Waals surface area contributed by atoms with Gasteiger partial charge in [0, 0.05) is 24.3 Å². The zero-order chi connectivity index (χ0) is 17.1. The fourth-order valence-electron chi connectivity index (χ4n) is 3.01. The third-order valence-electron chi connectivity index (χ3n) is 4.64. The molecule has 2 rings (SSSR count). The van der Waals surface area contributed by atoms with Crippen molar-refractivity contribution in [3.8, 4) is 5.75 Å². The predicted molar refractivity (Wildman–Crippen MR) is 86.7 cm³/mol. The number of likely N-dealkylation sites (tertiary alicyclic amines) is 1. The van der Waals surface area contributed by atoms with Crippen molar-refractivity contribution in [3.63, 3.8) is 0 Å². The third kappa shape index (κ3) is 4.11. The van der Waals surface area contributed by atoms with E-state index in [1.807, 2.05) is 7.05 Å². The standard InChI is InChI=1S/C16H25N3O4/c1-11(16(22)23)19-10-15(21)14(20)8-13(19)9-18(3)12-4-6-17(2)7-5-12/h8,10-12,21H,4-7,9H2,1-3H3,(H,22,23). The second-order valence-electron chi connectivity index (χ2n) is 6.39. The highest BCUT2D eigenvalue weighted by Gasteiger charge is 2.23. The van der Waals surface area contributed by atoms with Crippen LogP contribution >= 0.6 is 0 Å². The Bertz CT molecular complexity index is 620. The smallest absolute Gasteiger partial charge is 0.326 e. The molecule has 0 aromatic carbocycles. The fraction of sp³-hybridized carbons (Fsp3) is 0.625. The summed E-state index contributed by atoms with van der Waals surface area (Å²) in [4.78, 5) is 27.5. The molecule has 7 heteroatoms. The molecular weight excluding hydrogens is 298 g/mol. The van der Waals surface area contributed by atoms with Gasteiger partial charge in [0.2, 0.25) is 5.43 Å². The molecule has 128 valence electrons. The predicted octanol–water partition coefficient (Wildman–Crippen LogP) is 0.726. The first-order valence-corrected chi connectivity index (χ1v) is 7.85. The Morgan fingerprint density at radius 1 is 1.43 bits per heavy atom. The van der Waals surface area contributed by atoms with Crippen molar-refractivity contribution in [1.29, 1.82) is 0 Å². The summed E-state index contributed by atoms with van der Waals surface area (Å²) in [7, 11) is 4.09. The van der Waals surface area contributed by atoms with Gasteiger partial charge in [0.1, 0.15) is 6.04 Å². The molecule has 1 unspecified atom stereocenters. The van der Waals surface area contributed by atoms with Crippen LogP contribution in [-0.2, 0) is 11.3 Å². The average molecular weight is 323 g/mol. The molecule has 0 saturated carbocycles. The van der Waals surface area contributed by atoms with Gasteiger partial charge in [-0.15, -0.1) is 0 Å². The summed E-state index contributed by atoms with van der Waals surface area (Å²) in [6, 6.07) is 0.895. The van der Waals surface area contributed by atoms with Gasteiger partial charge < -0.3 is 19.7 Å². The SMILES string of the molecule is CC(C(=O)O)n1cc(O)c(=O)cc1CN(C)C1CCN(C)CC1. The molecule has 23 heavy (non-hydrogen) atoms. The Morgan fingerprint density at radius 2 is 2.04 bits per heavy atom. The van der Waals surface area contributed by atoms with Crippen LogP contribution in [0.15, 0.2) is 17.1 Å². The van der Waals surface area contributed by atoms with Crippen molar-refractivity contribution in [1.82, 2.24) is 14.4 Å². The second kappa shape index (κ2) is 7.14. The number of piperidine rings is 1. The van der Waals surface area contributed by atoms with E-state index in [9.17, 15) is 19.8 Å². The molecule has 0 spiro atoms. The molecule has 0 bridgehead atoms. The van der Waals surface area contributed by atoms with Crippen LogP contribution in [0.5, 0.6) is 5.75 Å². The molecule has 0 amide bonds. The summed E-state index contributed by atoms with van der Waals surface area (Å²) in [5, 5.41) is 18.9. The molecule has 7 nitrogen and oxygen atoms in total. The number of aliphatic carboxylic acids is 1. The van der Waals surface area contributed by atoms with Gasteiger partial charge in [0.15, 0.2) is 5.75 Å². The molecule has 1 aromatic heterocycles. The largest absolute Gasteiger partial charge is 0.503 e. The van der Waals surface area contributed by atoms with Crippen LogP contribution in [0.25, 0.3) is 0 Å². The molecule has 0 radical (unpaired) electrons. The minimum atomic E-state index is -1.00. The molecule has 1 fully saturated rings. The lowest BCUT2D eigenvalue weighted by atomic mass is 10.0. The van der Waals surface area contributed by atoms with Crippen LogP contribution in [0.1, 0.15) is 31.5 Å². The van der Waals surface area contributed by atoms with Gasteiger partial charge in [0.25, 0.3) is 0 Å². The van der Waals surface area contributed by atoms with Crippen LogP contribution in [0.4, 0.5) is 0 Å². The van der Waals surface area contributed by atoms with E-state index in [1.54, 1.807) is 0 Å². The van der Waals surface area contributed by atoms with E-state index < -0.39 is 23.2 Å². The zero-order valence-electron chi connectivity index (χ0n) is 13.9. The summed E-state index contributed by atoms with van der Waals surface area (Å²) < 4.78 is 1.46. The first kappa shape index (κ1) is 17.5. The minimum Gasteiger partial charge on any atom is -0.503 e. The highest BCUT2D eigenvalue weighted by Crippen LogP contribution is 2.19. The molecule has 2 N–H and O–H groups in total. The van der Waals surface area contributed by atoms with E-state index in [2.05, 4.69) is 16.8 Å². The number of hydrogen-bond acceptors (Lipinski definition) is 5. The highest BCUT2D eigenvalue weighted by molar-refractivity contribution is 5.71. The molecule has 0 aliphatic carbocycles. The number of carboxylic acids is 1.